The molecule has 3 aromatic rings. The zero-order valence-corrected chi connectivity index (χ0v) is 16.1. The lowest BCUT2D eigenvalue weighted by Crippen LogP contribution is -2.38. The van der Waals surface area contributed by atoms with Gasteiger partial charge in [-0.2, -0.15) is 0 Å². The van der Waals surface area contributed by atoms with Crippen LogP contribution >= 0.6 is 22.9 Å². The minimum Gasteiger partial charge on any atom is -0.319 e. The van der Waals surface area contributed by atoms with Crippen LogP contribution in [0, 0.1) is 0 Å². The van der Waals surface area contributed by atoms with Gasteiger partial charge in [-0.25, -0.2) is 14.8 Å². The summed E-state index contributed by atoms with van der Waals surface area (Å²) in [6.07, 6.45) is 4.98. The summed E-state index contributed by atoms with van der Waals surface area (Å²) in [5.74, 6) is -0.364. The van der Waals surface area contributed by atoms with E-state index in [-0.39, 0.29) is 17.6 Å². The number of rotatable bonds is 3. The van der Waals surface area contributed by atoms with Crippen LogP contribution in [0.4, 0.5) is 15.6 Å². The number of thiazole rings is 1. The Hall–Kier alpha value is -3.04. The molecule has 0 radical (unpaired) electrons. The van der Waals surface area contributed by atoms with Crippen molar-refractivity contribution in [2.75, 3.05) is 17.2 Å². The number of anilines is 2. The molecule has 2 N–H and O–H groups in total. The number of nitrogens with zero attached hydrogens (tertiary/aromatic N) is 4. The molecule has 0 spiro atoms. The van der Waals surface area contributed by atoms with E-state index in [4.69, 9.17) is 11.6 Å². The first-order chi connectivity index (χ1) is 13.6. The van der Waals surface area contributed by atoms with Gasteiger partial charge < -0.3 is 10.2 Å². The second-order valence-corrected chi connectivity index (χ2v) is 7.56. The number of hydrogen-bond acceptors (Lipinski definition) is 6. The molecule has 0 fully saturated rings. The van der Waals surface area contributed by atoms with E-state index >= 15 is 0 Å². The summed E-state index contributed by atoms with van der Waals surface area (Å²) in [5.41, 5.74) is 1.80. The van der Waals surface area contributed by atoms with Crippen LogP contribution in [0.25, 0.3) is 0 Å². The van der Waals surface area contributed by atoms with E-state index in [1.54, 1.807) is 29.2 Å². The molecular formula is C18H15ClN6O2S. The fourth-order valence-corrected chi connectivity index (χ4v) is 3.88. The maximum atomic E-state index is 12.5. The number of aromatic nitrogens is 3. The second kappa shape index (κ2) is 7.91. The number of halogens is 1. The molecule has 0 saturated heterocycles. The highest BCUT2D eigenvalue weighted by Gasteiger charge is 2.25. The number of fused-ring (bicyclic) bond motifs is 1. The summed E-state index contributed by atoms with van der Waals surface area (Å²) in [6.45, 7) is 0.987. The van der Waals surface area contributed by atoms with Crippen LogP contribution in [-0.4, -0.2) is 38.3 Å². The Balaban J connectivity index is 1.40. The topological polar surface area (TPSA) is 100 Å². The minimum absolute atomic E-state index is 0.188. The van der Waals surface area contributed by atoms with Crippen LogP contribution < -0.4 is 10.6 Å². The summed E-state index contributed by atoms with van der Waals surface area (Å²) in [7, 11) is 0. The first kappa shape index (κ1) is 18.3. The van der Waals surface area contributed by atoms with Gasteiger partial charge in [0, 0.05) is 40.9 Å². The molecule has 8 nitrogen and oxygen atoms in total. The lowest BCUT2D eigenvalue weighted by molar-refractivity contribution is 0.102. The molecule has 1 aliphatic rings. The third-order valence-corrected chi connectivity index (χ3v) is 5.38. The number of nitrogens with one attached hydrogen (secondary N) is 2. The SMILES string of the molecule is O=C(Nc1nc2c(s1)CN(C(=O)Nc1ccc(Cl)cc1)CC2)c1cnccn1. The van der Waals surface area contributed by atoms with Gasteiger partial charge in [0.2, 0.25) is 0 Å². The van der Waals surface area contributed by atoms with Crippen molar-refractivity contribution in [2.24, 2.45) is 0 Å². The fraction of sp³-hybridized carbons (Fsp3) is 0.167. The van der Waals surface area contributed by atoms with Crippen molar-refractivity contribution in [3.63, 3.8) is 0 Å². The smallest absolute Gasteiger partial charge is 0.319 e. The molecule has 0 atom stereocenters. The number of carbonyl (C=O) groups is 2. The molecule has 3 amide bonds. The molecule has 1 aliphatic heterocycles. The largest absolute Gasteiger partial charge is 0.322 e. The molecule has 0 bridgehead atoms. The number of benzene rings is 1. The van der Waals surface area contributed by atoms with Crippen LogP contribution in [0.2, 0.25) is 5.02 Å². The Kier molecular flexibility index (Phi) is 5.18. The van der Waals surface area contributed by atoms with Gasteiger partial charge in [0.15, 0.2) is 5.13 Å². The highest BCUT2D eigenvalue weighted by atomic mass is 35.5. The van der Waals surface area contributed by atoms with Crippen LogP contribution in [0.1, 0.15) is 21.1 Å². The third-order valence-electron chi connectivity index (χ3n) is 4.13. The molecule has 4 rings (SSSR count). The van der Waals surface area contributed by atoms with E-state index < -0.39 is 0 Å². The van der Waals surface area contributed by atoms with Gasteiger partial charge in [-0.15, -0.1) is 0 Å². The van der Waals surface area contributed by atoms with Crippen molar-refractivity contribution in [2.45, 2.75) is 13.0 Å². The Morgan fingerprint density at radius 3 is 2.71 bits per heavy atom. The molecule has 142 valence electrons. The zero-order chi connectivity index (χ0) is 19.5. The molecule has 2 aromatic heterocycles. The van der Waals surface area contributed by atoms with Crippen LogP contribution in [0.3, 0.4) is 0 Å². The predicted octanol–water partition coefficient (Wildman–Crippen LogP) is 3.43. The number of hydrogen-bond donors (Lipinski definition) is 2. The molecule has 28 heavy (non-hydrogen) atoms. The molecule has 0 aliphatic carbocycles. The standard InChI is InChI=1S/C18H15ClN6O2S/c19-11-1-3-12(4-2-11)22-18(27)25-8-5-13-15(10-25)28-17(23-13)24-16(26)14-9-20-6-7-21-14/h1-4,6-7,9H,5,8,10H2,(H,22,27)(H,23,24,26). The van der Waals surface area contributed by atoms with Crippen LogP contribution in [0.5, 0.6) is 0 Å². The Morgan fingerprint density at radius 2 is 1.96 bits per heavy atom. The van der Waals surface area contributed by atoms with Crippen molar-refractivity contribution in [3.05, 3.63) is 64.1 Å². The van der Waals surface area contributed by atoms with Crippen molar-refractivity contribution >= 4 is 45.7 Å². The first-order valence-corrected chi connectivity index (χ1v) is 9.65. The van der Waals surface area contributed by atoms with E-state index in [1.807, 2.05) is 0 Å². The predicted molar refractivity (Wildman–Crippen MR) is 107 cm³/mol. The minimum atomic E-state index is -0.364. The van der Waals surface area contributed by atoms with Crippen LogP contribution in [-0.2, 0) is 13.0 Å². The number of amides is 3. The quantitative estimate of drug-likeness (QED) is 0.683. The summed E-state index contributed by atoms with van der Waals surface area (Å²) in [5, 5.41) is 6.70. The second-order valence-electron chi connectivity index (χ2n) is 6.04. The summed E-state index contributed by atoms with van der Waals surface area (Å²) in [4.78, 5) is 39.7. The van der Waals surface area contributed by atoms with Gasteiger partial charge in [-0.3, -0.25) is 15.1 Å². The van der Waals surface area contributed by atoms with E-state index in [2.05, 4.69) is 25.6 Å². The fourth-order valence-electron chi connectivity index (χ4n) is 2.74. The highest BCUT2D eigenvalue weighted by Crippen LogP contribution is 2.29. The monoisotopic (exact) mass is 414 g/mol. The third kappa shape index (κ3) is 4.10. The summed E-state index contributed by atoms with van der Waals surface area (Å²) >= 11 is 7.22. The van der Waals surface area contributed by atoms with E-state index in [1.165, 1.54) is 29.9 Å². The number of urea groups is 1. The average Bonchev–Trinajstić information content (AvgIpc) is 3.11. The Labute approximate surface area is 169 Å². The summed E-state index contributed by atoms with van der Waals surface area (Å²) < 4.78 is 0. The van der Waals surface area contributed by atoms with Crippen molar-refractivity contribution in [1.82, 2.24) is 19.9 Å². The molecule has 10 heteroatoms. The Morgan fingerprint density at radius 1 is 1.14 bits per heavy atom. The zero-order valence-electron chi connectivity index (χ0n) is 14.6. The molecule has 3 heterocycles. The molecule has 0 saturated carbocycles. The van der Waals surface area contributed by atoms with E-state index in [0.29, 0.717) is 35.4 Å². The van der Waals surface area contributed by atoms with Crippen molar-refractivity contribution < 1.29 is 9.59 Å². The average molecular weight is 415 g/mol. The maximum Gasteiger partial charge on any atom is 0.322 e. The lowest BCUT2D eigenvalue weighted by atomic mass is 10.2. The van der Waals surface area contributed by atoms with Crippen molar-refractivity contribution in [1.29, 1.82) is 0 Å². The molecular weight excluding hydrogens is 400 g/mol. The molecule has 1 aromatic carbocycles. The van der Waals surface area contributed by atoms with Crippen molar-refractivity contribution in [3.8, 4) is 0 Å². The van der Waals surface area contributed by atoms with Gasteiger partial charge in [0.25, 0.3) is 5.91 Å². The van der Waals surface area contributed by atoms with E-state index in [0.717, 1.165) is 10.6 Å². The van der Waals surface area contributed by atoms with Gasteiger partial charge in [0.1, 0.15) is 5.69 Å². The van der Waals surface area contributed by atoms with Gasteiger partial charge in [-0.1, -0.05) is 22.9 Å². The van der Waals surface area contributed by atoms with Gasteiger partial charge >= 0.3 is 6.03 Å². The van der Waals surface area contributed by atoms with Crippen LogP contribution in [0.15, 0.2) is 42.9 Å². The lowest BCUT2D eigenvalue weighted by Gasteiger charge is -2.26. The Bertz CT molecular complexity index is 1010. The van der Waals surface area contributed by atoms with Gasteiger partial charge in [-0.05, 0) is 24.3 Å². The first-order valence-electron chi connectivity index (χ1n) is 8.46. The molecule has 0 unspecified atom stereocenters. The maximum absolute atomic E-state index is 12.5. The number of carbonyl (C=O) groups excluding carboxylic acids is 2. The highest BCUT2D eigenvalue weighted by molar-refractivity contribution is 7.15. The summed E-state index contributed by atoms with van der Waals surface area (Å²) in [6, 6.07) is 6.76. The van der Waals surface area contributed by atoms with Gasteiger partial charge in [0.05, 0.1) is 18.4 Å². The van der Waals surface area contributed by atoms with E-state index in [9.17, 15) is 9.59 Å². The normalized spacial score (nSPS) is 13.0.